The lowest BCUT2D eigenvalue weighted by Gasteiger charge is -2.44. The number of carbonyl (C=O) groups is 2. The summed E-state index contributed by atoms with van der Waals surface area (Å²) in [7, 11) is 1.55. The van der Waals surface area contributed by atoms with Gasteiger partial charge in [-0.15, -0.1) is 0 Å². The topological polar surface area (TPSA) is 99.0 Å². The molecular formula is C21H19ClN2O6. The highest BCUT2D eigenvalue weighted by Crippen LogP contribution is 2.41. The molecule has 0 bridgehead atoms. The Labute approximate surface area is 177 Å². The zero-order chi connectivity index (χ0) is 21.5. The Morgan fingerprint density at radius 3 is 2.63 bits per heavy atom. The smallest absolute Gasteiger partial charge is 0.270 e. The predicted molar refractivity (Wildman–Crippen MR) is 109 cm³/mol. The van der Waals surface area contributed by atoms with Gasteiger partial charge in [-0.05, 0) is 18.2 Å². The van der Waals surface area contributed by atoms with Crippen molar-refractivity contribution in [1.82, 2.24) is 4.90 Å². The van der Waals surface area contributed by atoms with Crippen molar-refractivity contribution in [2.75, 3.05) is 20.2 Å². The van der Waals surface area contributed by atoms with Gasteiger partial charge in [0, 0.05) is 44.1 Å². The van der Waals surface area contributed by atoms with Crippen LogP contribution in [0.5, 0.6) is 11.5 Å². The summed E-state index contributed by atoms with van der Waals surface area (Å²) < 4.78 is 11.4. The van der Waals surface area contributed by atoms with Crippen LogP contribution in [-0.2, 0) is 0 Å². The highest BCUT2D eigenvalue weighted by atomic mass is 35.5. The molecule has 2 heterocycles. The minimum absolute atomic E-state index is 0.000378. The van der Waals surface area contributed by atoms with Crippen molar-refractivity contribution in [2.45, 2.75) is 24.9 Å². The first-order valence-corrected chi connectivity index (χ1v) is 9.83. The number of hydrogen-bond acceptors (Lipinski definition) is 6. The standard InChI is InChI=1S/C21H19ClN2O6/c1-29-14-3-4-15-18(25)12-21(30-19(15)11-14)6-8-23(9-7-21)20(26)16-10-13(24(27)28)2-5-17(16)22/h2-5,10-11H,6-9,12H2,1H3. The van der Waals surface area contributed by atoms with Gasteiger partial charge in [0.1, 0.15) is 17.1 Å². The SMILES string of the molecule is COc1ccc2c(c1)OC1(CCN(C(=O)c3cc([N+](=O)[O-])ccc3Cl)CC1)CC2=O. The van der Waals surface area contributed by atoms with Crippen molar-refractivity contribution in [1.29, 1.82) is 0 Å². The van der Waals surface area contributed by atoms with Crippen LogP contribution >= 0.6 is 11.6 Å². The monoisotopic (exact) mass is 430 g/mol. The van der Waals surface area contributed by atoms with Gasteiger partial charge in [0.15, 0.2) is 5.78 Å². The number of piperidine rings is 1. The second kappa shape index (κ2) is 7.60. The van der Waals surface area contributed by atoms with Crippen LogP contribution in [0.2, 0.25) is 5.02 Å². The predicted octanol–water partition coefficient (Wildman–Crippen LogP) is 3.90. The Morgan fingerprint density at radius 1 is 1.23 bits per heavy atom. The zero-order valence-electron chi connectivity index (χ0n) is 16.2. The van der Waals surface area contributed by atoms with Gasteiger partial charge in [-0.2, -0.15) is 0 Å². The normalized spacial score (nSPS) is 17.3. The largest absolute Gasteiger partial charge is 0.497 e. The van der Waals surface area contributed by atoms with Crippen molar-refractivity contribution < 1.29 is 24.0 Å². The van der Waals surface area contributed by atoms with E-state index in [0.29, 0.717) is 43.0 Å². The molecule has 1 saturated heterocycles. The minimum Gasteiger partial charge on any atom is -0.497 e. The van der Waals surface area contributed by atoms with Crippen molar-refractivity contribution in [3.05, 3.63) is 62.7 Å². The lowest BCUT2D eigenvalue weighted by atomic mass is 9.82. The third-order valence-corrected chi connectivity index (χ3v) is 5.98. The van der Waals surface area contributed by atoms with Crippen molar-refractivity contribution in [3.8, 4) is 11.5 Å². The Morgan fingerprint density at radius 2 is 1.97 bits per heavy atom. The number of carbonyl (C=O) groups excluding carboxylic acids is 2. The number of rotatable bonds is 3. The Balaban J connectivity index is 1.51. The van der Waals surface area contributed by atoms with Crippen LogP contribution in [0.4, 0.5) is 5.69 Å². The maximum Gasteiger partial charge on any atom is 0.270 e. The molecule has 0 unspecified atom stereocenters. The number of likely N-dealkylation sites (tertiary alicyclic amines) is 1. The first-order valence-electron chi connectivity index (χ1n) is 9.45. The second-order valence-corrected chi connectivity index (χ2v) is 7.87. The molecule has 9 heteroatoms. The molecule has 1 fully saturated rings. The summed E-state index contributed by atoms with van der Waals surface area (Å²) in [4.78, 5) is 37.6. The molecule has 156 valence electrons. The number of non-ortho nitro benzene ring substituents is 1. The summed E-state index contributed by atoms with van der Waals surface area (Å²) in [6.07, 6.45) is 1.17. The fraction of sp³-hybridized carbons (Fsp3) is 0.333. The molecule has 0 saturated carbocycles. The first kappa shape index (κ1) is 20.2. The van der Waals surface area contributed by atoms with Crippen molar-refractivity contribution >= 4 is 29.0 Å². The molecule has 0 atom stereocenters. The third kappa shape index (κ3) is 3.59. The van der Waals surface area contributed by atoms with Gasteiger partial charge in [0.2, 0.25) is 0 Å². The number of methoxy groups -OCH3 is 1. The van der Waals surface area contributed by atoms with Crippen LogP contribution in [0.3, 0.4) is 0 Å². The van der Waals surface area contributed by atoms with E-state index in [2.05, 4.69) is 0 Å². The van der Waals surface area contributed by atoms with E-state index in [4.69, 9.17) is 21.1 Å². The summed E-state index contributed by atoms with van der Waals surface area (Å²) in [6.45, 7) is 0.703. The number of ketones is 1. The van der Waals surface area contributed by atoms with Crippen molar-refractivity contribution in [2.24, 2.45) is 0 Å². The molecule has 0 aliphatic carbocycles. The van der Waals surface area contributed by atoms with E-state index >= 15 is 0 Å². The number of nitro benzene ring substituents is 1. The lowest BCUT2D eigenvalue weighted by molar-refractivity contribution is -0.384. The summed E-state index contributed by atoms with van der Waals surface area (Å²) in [5.41, 5.74) is -0.247. The lowest BCUT2D eigenvalue weighted by Crippen LogP contribution is -2.52. The van der Waals surface area contributed by atoms with Gasteiger partial charge >= 0.3 is 0 Å². The molecule has 30 heavy (non-hydrogen) atoms. The molecule has 2 aromatic carbocycles. The molecule has 2 aromatic rings. The molecule has 0 radical (unpaired) electrons. The van der Waals surface area contributed by atoms with Gasteiger partial charge in [0.25, 0.3) is 11.6 Å². The average Bonchev–Trinajstić information content (AvgIpc) is 2.73. The third-order valence-electron chi connectivity index (χ3n) is 5.65. The Bertz CT molecular complexity index is 1050. The van der Waals surface area contributed by atoms with E-state index in [1.807, 2.05) is 0 Å². The van der Waals surface area contributed by atoms with Crippen LogP contribution in [0.1, 0.15) is 40.0 Å². The van der Waals surface area contributed by atoms with Crippen LogP contribution in [0, 0.1) is 10.1 Å². The molecular weight excluding hydrogens is 412 g/mol. The summed E-state index contributed by atoms with van der Waals surface area (Å²) in [6, 6.07) is 8.93. The number of benzene rings is 2. The number of nitrogens with zero attached hydrogens (tertiary/aromatic N) is 2. The number of Topliss-reactive ketones (excluding diaryl/α,β-unsaturated/α-hetero) is 1. The molecule has 8 nitrogen and oxygen atoms in total. The number of halogens is 1. The number of hydrogen-bond donors (Lipinski definition) is 0. The van der Waals surface area contributed by atoms with Gasteiger partial charge in [-0.1, -0.05) is 11.6 Å². The van der Waals surface area contributed by atoms with Crippen LogP contribution in [0.25, 0.3) is 0 Å². The van der Waals surface area contributed by atoms with Gasteiger partial charge in [-0.25, -0.2) is 0 Å². The molecule has 0 N–H and O–H groups in total. The number of ether oxygens (including phenoxy) is 2. The van der Waals surface area contributed by atoms with Crippen molar-refractivity contribution in [3.63, 3.8) is 0 Å². The Kier molecular flexibility index (Phi) is 5.11. The maximum atomic E-state index is 12.9. The summed E-state index contributed by atoms with van der Waals surface area (Å²) in [5.74, 6) is 0.724. The van der Waals surface area contributed by atoms with E-state index in [1.54, 1.807) is 30.2 Å². The number of amides is 1. The maximum absolute atomic E-state index is 12.9. The van der Waals surface area contributed by atoms with Crippen LogP contribution in [0.15, 0.2) is 36.4 Å². The number of nitro groups is 1. The summed E-state index contributed by atoms with van der Waals surface area (Å²) in [5, 5.41) is 11.2. The van der Waals surface area contributed by atoms with E-state index in [1.165, 1.54) is 18.2 Å². The highest BCUT2D eigenvalue weighted by molar-refractivity contribution is 6.33. The number of fused-ring (bicyclic) bond motifs is 1. The molecule has 4 rings (SSSR count). The van der Waals surface area contributed by atoms with Crippen LogP contribution in [-0.4, -0.2) is 47.3 Å². The van der Waals surface area contributed by atoms with E-state index in [9.17, 15) is 19.7 Å². The minimum atomic E-state index is -0.681. The molecule has 0 aromatic heterocycles. The van der Waals surface area contributed by atoms with Gasteiger partial charge < -0.3 is 14.4 Å². The molecule has 2 aliphatic rings. The van der Waals surface area contributed by atoms with E-state index < -0.39 is 10.5 Å². The highest BCUT2D eigenvalue weighted by Gasteiger charge is 2.44. The zero-order valence-corrected chi connectivity index (χ0v) is 17.0. The Hall–Kier alpha value is -3.13. The molecule has 2 aliphatic heterocycles. The van der Waals surface area contributed by atoms with E-state index in [-0.39, 0.29) is 34.4 Å². The molecule has 1 amide bonds. The van der Waals surface area contributed by atoms with E-state index in [0.717, 1.165) is 0 Å². The van der Waals surface area contributed by atoms with Gasteiger partial charge in [0.05, 0.1) is 34.6 Å². The first-order chi connectivity index (χ1) is 14.3. The quantitative estimate of drug-likeness (QED) is 0.541. The molecule has 1 spiro atoms. The fourth-order valence-electron chi connectivity index (χ4n) is 3.96. The van der Waals surface area contributed by atoms with Crippen LogP contribution < -0.4 is 9.47 Å². The average molecular weight is 431 g/mol. The fourth-order valence-corrected chi connectivity index (χ4v) is 4.16. The van der Waals surface area contributed by atoms with Gasteiger partial charge in [-0.3, -0.25) is 19.7 Å². The second-order valence-electron chi connectivity index (χ2n) is 7.46. The summed E-state index contributed by atoms with van der Waals surface area (Å²) >= 11 is 6.11.